The Hall–Kier alpha value is -2.86. The maximum Gasteiger partial charge on any atom is 0.310 e. The van der Waals surface area contributed by atoms with Gasteiger partial charge in [0, 0.05) is 12.3 Å². The Morgan fingerprint density at radius 2 is 1.83 bits per heavy atom. The molecule has 0 aromatic heterocycles. The number of esters is 1. The SMILES string of the molecule is CCOC(=O)Cc1ccc(NC(=O)C(COC2CCCCO2)NS(=O)(=O)c2ccc(F)cc2)cc1. The molecule has 1 heterocycles. The van der Waals surface area contributed by atoms with Gasteiger partial charge in [-0.15, -0.1) is 0 Å². The number of halogens is 1. The minimum atomic E-state index is -4.14. The molecule has 0 radical (unpaired) electrons. The van der Waals surface area contributed by atoms with E-state index in [2.05, 4.69) is 10.0 Å². The van der Waals surface area contributed by atoms with E-state index in [1.807, 2.05) is 0 Å². The van der Waals surface area contributed by atoms with E-state index in [4.69, 9.17) is 14.2 Å². The highest BCUT2D eigenvalue weighted by Crippen LogP contribution is 2.16. The number of ether oxygens (including phenoxy) is 3. The van der Waals surface area contributed by atoms with E-state index in [1.54, 1.807) is 31.2 Å². The monoisotopic (exact) mass is 508 g/mol. The Kier molecular flexibility index (Phi) is 9.73. The summed E-state index contributed by atoms with van der Waals surface area (Å²) >= 11 is 0. The number of sulfonamides is 1. The highest BCUT2D eigenvalue weighted by atomic mass is 32.2. The second kappa shape index (κ2) is 12.7. The Balaban J connectivity index is 1.70. The molecule has 0 saturated carbocycles. The second-order valence-electron chi connectivity index (χ2n) is 7.93. The van der Waals surface area contributed by atoms with Gasteiger partial charge in [-0.3, -0.25) is 9.59 Å². The molecule has 0 spiro atoms. The first-order valence-electron chi connectivity index (χ1n) is 11.3. The van der Waals surface area contributed by atoms with Crippen LogP contribution < -0.4 is 10.0 Å². The minimum absolute atomic E-state index is 0.0946. The number of amides is 1. The third-order valence-corrected chi connectivity index (χ3v) is 6.69. The van der Waals surface area contributed by atoms with Crippen LogP contribution in [0.1, 0.15) is 31.7 Å². The summed E-state index contributed by atoms with van der Waals surface area (Å²) in [6, 6.07) is 9.51. The zero-order valence-corrected chi connectivity index (χ0v) is 20.2. The van der Waals surface area contributed by atoms with E-state index in [1.165, 1.54) is 0 Å². The van der Waals surface area contributed by atoms with Gasteiger partial charge in [-0.25, -0.2) is 12.8 Å². The topological polar surface area (TPSA) is 120 Å². The van der Waals surface area contributed by atoms with Gasteiger partial charge < -0.3 is 19.5 Å². The van der Waals surface area contributed by atoms with Gasteiger partial charge in [-0.1, -0.05) is 12.1 Å². The van der Waals surface area contributed by atoms with Crippen LogP contribution in [-0.2, 0) is 40.2 Å². The quantitative estimate of drug-likeness (QED) is 0.448. The lowest BCUT2D eigenvalue weighted by atomic mass is 10.1. The third kappa shape index (κ3) is 8.39. The van der Waals surface area contributed by atoms with Crippen LogP contribution in [0, 0.1) is 5.82 Å². The standard InChI is InChI=1S/C24H29FN2O7S/c1-2-32-22(28)15-17-6-10-19(11-7-17)26-24(29)21(16-34-23-5-3-4-14-33-23)27-35(30,31)20-12-8-18(25)9-13-20/h6-13,21,23,27H,2-5,14-16H2,1H3,(H,26,29). The average molecular weight is 509 g/mol. The molecule has 9 nitrogen and oxygen atoms in total. The number of nitrogens with one attached hydrogen (secondary N) is 2. The largest absolute Gasteiger partial charge is 0.466 e. The first kappa shape index (κ1) is 26.7. The molecule has 35 heavy (non-hydrogen) atoms. The van der Waals surface area contributed by atoms with Gasteiger partial charge in [-0.2, -0.15) is 4.72 Å². The highest BCUT2D eigenvalue weighted by Gasteiger charge is 2.28. The average Bonchev–Trinajstić information content (AvgIpc) is 2.84. The van der Waals surface area contributed by atoms with E-state index < -0.39 is 34.1 Å². The molecule has 2 aromatic rings. The van der Waals surface area contributed by atoms with Gasteiger partial charge in [0.15, 0.2) is 6.29 Å². The maximum atomic E-state index is 13.2. The molecule has 1 fully saturated rings. The molecule has 2 atom stereocenters. The van der Waals surface area contributed by atoms with Crippen molar-refractivity contribution in [3.63, 3.8) is 0 Å². The molecule has 0 aliphatic carbocycles. The van der Waals surface area contributed by atoms with Crippen molar-refractivity contribution >= 4 is 27.6 Å². The zero-order chi connectivity index (χ0) is 25.3. The molecule has 0 bridgehead atoms. The lowest BCUT2D eigenvalue weighted by molar-refractivity contribution is -0.166. The number of benzene rings is 2. The third-order valence-electron chi connectivity index (χ3n) is 5.20. The summed E-state index contributed by atoms with van der Waals surface area (Å²) in [4.78, 5) is 24.5. The van der Waals surface area contributed by atoms with E-state index in [0.29, 0.717) is 24.3 Å². The van der Waals surface area contributed by atoms with E-state index >= 15 is 0 Å². The zero-order valence-electron chi connectivity index (χ0n) is 19.4. The van der Waals surface area contributed by atoms with Crippen LogP contribution in [0.25, 0.3) is 0 Å². The molecule has 1 amide bonds. The predicted octanol–water partition coefficient (Wildman–Crippen LogP) is 2.76. The van der Waals surface area contributed by atoms with Crippen molar-refractivity contribution in [3.05, 3.63) is 59.9 Å². The molecule has 2 N–H and O–H groups in total. The highest BCUT2D eigenvalue weighted by molar-refractivity contribution is 7.89. The van der Waals surface area contributed by atoms with E-state index in [-0.39, 0.29) is 30.5 Å². The predicted molar refractivity (Wildman–Crippen MR) is 125 cm³/mol. The number of carbonyl (C=O) groups is 2. The van der Waals surface area contributed by atoms with Crippen LogP contribution in [0.4, 0.5) is 10.1 Å². The molecular weight excluding hydrogens is 479 g/mol. The Morgan fingerprint density at radius 1 is 1.11 bits per heavy atom. The maximum absolute atomic E-state index is 13.2. The number of hydrogen-bond donors (Lipinski definition) is 2. The van der Waals surface area contributed by atoms with Crippen molar-refractivity contribution in [2.24, 2.45) is 0 Å². The lowest BCUT2D eigenvalue weighted by Crippen LogP contribution is -2.47. The Morgan fingerprint density at radius 3 is 2.46 bits per heavy atom. The van der Waals surface area contributed by atoms with Crippen LogP contribution in [0.5, 0.6) is 0 Å². The van der Waals surface area contributed by atoms with Crippen molar-refractivity contribution < 1.29 is 36.6 Å². The molecule has 1 aliphatic rings. The summed E-state index contributed by atoms with van der Waals surface area (Å²) in [6.45, 7) is 2.27. The fraction of sp³-hybridized carbons (Fsp3) is 0.417. The number of anilines is 1. The summed E-state index contributed by atoms with van der Waals surface area (Å²) in [5.41, 5.74) is 1.11. The van der Waals surface area contributed by atoms with E-state index in [9.17, 15) is 22.4 Å². The van der Waals surface area contributed by atoms with E-state index in [0.717, 1.165) is 37.1 Å². The Labute approximate surface area is 204 Å². The summed E-state index contributed by atoms with van der Waals surface area (Å²) in [5.74, 6) is -1.59. The van der Waals surface area contributed by atoms with Crippen molar-refractivity contribution in [2.75, 3.05) is 25.1 Å². The summed E-state index contributed by atoms with van der Waals surface area (Å²) in [6.07, 6.45) is 2.02. The number of rotatable bonds is 11. The number of carbonyl (C=O) groups excluding carboxylic acids is 2. The second-order valence-corrected chi connectivity index (χ2v) is 9.64. The molecule has 11 heteroatoms. The van der Waals surface area contributed by atoms with Crippen LogP contribution in [-0.4, -0.2) is 52.4 Å². The molecule has 190 valence electrons. The van der Waals surface area contributed by atoms with Crippen LogP contribution in [0.15, 0.2) is 53.4 Å². The van der Waals surface area contributed by atoms with Crippen LogP contribution in [0.2, 0.25) is 0 Å². The van der Waals surface area contributed by atoms with Gasteiger partial charge in [0.1, 0.15) is 11.9 Å². The summed E-state index contributed by atoms with van der Waals surface area (Å²) in [5, 5.41) is 2.66. The van der Waals surface area contributed by atoms with Gasteiger partial charge >= 0.3 is 5.97 Å². The minimum Gasteiger partial charge on any atom is -0.466 e. The van der Waals surface area contributed by atoms with Crippen molar-refractivity contribution in [3.8, 4) is 0 Å². The fourth-order valence-corrected chi connectivity index (χ4v) is 4.57. The van der Waals surface area contributed by atoms with Gasteiger partial charge in [0.2, 0.25) is 15.9 Å². The van der Waals surface area contributed by atoms with Crippen molar-refractivity contribution in [1.29, 1.82) is 0 Å². The smallest absolute Gasteiger partial charge is 0.310 e. The normalized spacial score (nSPS) is 16.9. The molecule has 1 aliphatic heterocycles. The lowest BCUT2D eigenvalue weighted by Gasteiger charge is -2.25. The van der Waals surface area contributed by atoms with Crippen molar-refractivity contribution in [2.45, 2.75) is 49.8 Å². The fourth-order valence-electron chi connectivity index (χ4n) is 3.39. The van der Waals surface area contributed by atoms with Crippen LogP contribution in [0.3, 0.4) is 0 Å². The number of hydrogen-bond acceptors (Lipinski definition) is 7. The molecular formula is C24H29FN2O7S. The molecule has 2 unspecified atom stereocenters. The van der Waals surface area contributed by atoms with Gasteiger partial charge in [0.05, 0.1) is 24.5 Å². The summed E-state index contributed by atoms with van der Waals surface area (Å²) < 4.78 is 57.3. The van der Waals surface area contributed by atoms with Crippen molar-refractivity contribution in [1.82, 2.24) is 4.72 Å². The molecule has 3 rings (SSSR count). The first-order valence-corrected chi connectivity index (χ1v) is 12.8. The van der Waals surface area contributed by atoms with Gasteiger partial charge in [-0.05, 0) is 68.1 Å². The Bertz CT molecular complexity index is 1090. The first-order chi connectivity index (χ1) is 16.8. The molecule has 1 saturated heterocycles. The molecule has 2 aromatic carbocycles. The van der Waals surface area contributed by atoms with Crippen LogP contribution >= 0.6 is 0 Å². The summed E-state index contributed by atoms with van der Waals surface area (Å²) in [7, 11) is -4.14. The van der Waals surface area contributed by atoms with Gasteiger partial charge in [0.25, 0.3) is 0 Å².